The van der Waals surface area contributed by atoms with E-state index in [-0.39, 0.29) is 11.2 Å². The fourth-order valence-corrected chi connectivity index (χ4v) is 2.78. The SMILES string of the molecule is Cn1cc(C(O)Cc2cccc(F)c2Br)c(C(C)(C)C)n1. The number of aliphatic hydroxyl groups excluding tert-OH is 1. The largest absolute Gasteiger partial charge is 0.388 e. The predicted molar refractivity (Wildman–Crippen MR) is 84.7 cm³/mol. The van der Waals surface area contributed by atoms with Crippen LogP contribution in [0.1, 0.15) is 43.7 Å². The van der Waals surface area contributed by atoms with Crippen LogP contribution >= 0.6 is 15.9 Å². The second kappa shape index (κ2) is 5.89. The molecule has 0 amide bonds. The summed E-state index contributed by atoms with van der Waals surface area (Å²) in [5.41, 5.74) is 2.24. The molecule has 5 heteroatoms. The van der Waals surface area contributed by atoms with E-state index in [4.69, 9.17) is 0 Å². The molecule has 0 radical (unpaired) electrons. The minimum atomic E-state index is -0.717. The molecule has 1 heterocycles. The van der Waals surface area contributed by atoms with E-state index < -0.39 is 6.10 Å². The van der Waals surface area contributed by atoms with Crippen molar-refractivity contribution in [1.29, 1.82) is 0 Å². The topological polar surface area (TPSA) is 38.0 Å². The maximum absolute atomic E-state index is 13.6. The van der Waals surface area contributed by atoms with E-state index in [9.17, 15) is 9.50 Å². The quantitative estimate of drug-likeness (QED) is 0.907. The predicted octanol–water partition coefficient (Wildman–Crippen LogP) is 3.90. The molecule has 1 N–H and O–H groups in total. The molecule has 0 aliphatic rings. The Balaban J connectivity index is 2.33. The van der Waals surface area contributed by atoms with Crippen molar-refractivity contribution in [3.63, 3.8) is 0 Å². The zero-order valence-electron chi connectivity index (χ0n) is 12.7. The highest BCUT2D eigenvalue weighted by molar-refractivity contribution is 9.10. The van der Waals surface area contributed by atoms with Gasteiger partial charge in [0.25, 0.3) is 0 Å². The molecule has 114 valence electrons. The lowest BCUT2D eigenvalue weighted by Crippen LogP contribution is -2.17. The number of nitrogens with zero attached hydrogens (tertiary/aromatic N) is 2. The molecule has 0 saturated heterocycles. The molecule has 1 atom stereocenters. The van der Waals surface area contributed by atoms with Crippen LogP contribution in [0.2, 0.25) is 0 Å². The summed E-state index contributed by atoms with van der Waals surface area (Å²) in [6, 6.07) is 4.85. The minimum Gasteiger partial charge on any atom is -0.388 e. The van der Waals surface area contributed by atoms with Gasteiger partial charge in [-0.15, -0.1) is 0 Å². The van der Waals surface area contributed by atoms with Crippen LogP contribution in [0, 0.1) is 5.82 Å². The average Bonchev–Trinajstić information content (AvgIpc) is 2.77. The lowest BCUT2D eigenvalue weighted by Gasteiger charge is -2.20. The van der Waals surface area contributed by atoms with Crippen molar-refractivity contribution in [3.05, 3.63) is 51.5 Å². The van der Waals surface area contributed by atoms with Crippen LogP contribution in [0.5, 0.6) is 0 Å². The molecule has 21 heavy (non-hydrogen) atoms. The van der Waals surface area contributed by atoms with E-state index in [1.807, 2.05) is 19.3 Å². The van der Waals surface area contributed by atoms with E-state index in [0.29, 0.717) is 10.9 Å². The first kappa shape index (κ1) is 16.2. The lowest BCUT2D eigenvalue weighted by molar-refractivity contribution is 0.175. The van der Waals surface area contributed by atoms with Crippen LogP contribution in [0.3, 0.4) is 0 Å². The van der Waals surface area contributed by atoms with E-state index >= 15 is 0 Å². The molecular formula is C16H20BrFN2O. The Kier molecular flexibility index (Phi) is 4.54. The number of benzene rings is 1. The molecule has 2 aromatic rings. The molecule has 0 aliphatic heterocycles. The standard InChI is InChI=1S/C16H20BrFN2O/c1-16(2,3)15-11(9-20(4)19-15)13(21)8-10-6-5-7-12(18)14(10)17/h5-7,9,13,21H,8H2,1-4H3. The number of aryl methyl sites for hydroxylation is 1. The highest BCUT2D eigenvalue weighted by Gasteiger charge is 2.26. The van der Waals surface area contributed by atoms with Crippen molar-refractivity contribution in [2.75, 3.05) is 0 Å². The van der Waals surface area contributed by atoms with E-state index in [1.165, 1.54) is 6.07 Å². The summed E-state index contributed by atoms with van der Waals surface area (Å²) in [6.07, 6.45) is 1.46. The smallest absolute Gasteiger partial charge is 0.137 e. The summed E-state index contributed by atoms with van der Waals surface area (Å²) in [7, 11) is 1.84. The maximum Gasteiger partial charge on any atom is 0.137 e. The fraction of sp³-hybridized carbons (Fsp3) is 0.438. The van der Waals surface area contributed by atoms with Crippen LogP contribution in [-0.4, -0.2) is 14.9 Å². The van der Waals surface area contributed by atoms with Crippen LogP contribution < -0.4 is 0 Å². The molecular weight excluding hydrogens is 335 g/mol. The Morgan fingerprint density at radius 2 is 2.05 bits per heavy atom. The minimum absolute atomic E-state index is 0.156. The number of rotatable bonds is 3. The highest BCUT2D eigenvalue weighted by Crippen LogP contribution is 2.31. The third kappa shape index (κ3) is 3.52. The third-order valence-corrected chi connectivity index (χ3v) is 4.26. The van der Waals surface area contributed by atoms with Gasteiger partial charge in [0.1, 0.15) is 5.82 Å². The van der Waals surface area contributed by atoms with Crippen LogP contribution in [-0.2, 0) is 18.9 Å². The van der Waals surface area contributed by atoms with Gasteiger partial charge in [0.05, 0.1) is 16.3 Å². The Morgan fingerprint density at radius 1 is 1.38 bits per heavy atom. The zero-order chi connectivity index (χ0) is 15.8. The van der Waals surface area contributed by atoms with Crippen molar-refractivity contribution in [1.82, 2.24) is 9.78 Å². The van der Waals surface area contributed by atoms with Gasteiger partial charge in [-0.25, -0.2) is 4.39 Å². The molecule has 1 aromatic carbocycles. The van der Waals surface area contributed by atoms with Gasteiger partial charge in [0.2, 0.25) is 0 Å². The Bertz CT molecular complexity index is 646. The second-order valence-corrected chi connectivity index (χ2v) is 7.08. The summed E-state index contributed by atoms with van der Waals surface area (Å²) < 4.78 is 15.7. The number of aliphatic hydroxyl groups is 1. The Morgan fingerprint density at radius 3 is 2.67 bits per heavy atom. The lowest BCUT2D eigenvalue weighted by atomic mass is 9.87. The van der Waals surface area contributed by atoms with Crippen LogP contribution in [0.25, 0.3) is 0 Å². The van der Waals surface area contributed by atoms with Gasteiger partial charge >= 0.3 is 0 Å². The van der Waals surface area contributed by atoms with Crippen LogP contribution in [0.4, 0.5) is 4.39 Å². The molecule has 2 rings (SSSR count). The van der Waals surface area contributed by atoms with Crippen LogP contribution in [0.15, 0.2) is 28.9 Å². The van der Waals surface area contributed by atoms with E-state index in [1.54, 1.807) is 10.7 Å². The van der Waals surface area contributed by atoms with Gasteiger partial charge in [0, 0.05) is 30.6 Å². The van der Waals surface area contributed by atoms with Gasteiger partial charge in [-0.2, -0.15) is 5.10 Å². The number of hydrogen-bond donors (Lipinski definition) is 1. The first-order valence-corrected chi connectivity index (χ1v) is 7.64. The van der Waals surface area contributed by atoms with Gasteiger partial charge in [-0.05, 0) is 27.6 Å². The van der Waals surface area contributed by atoms with E-state index in [2.05, 4.69) is 41.8 Å². The fourth-order valence-electron chi connectivity index (χ4n) is 2.36. The average molecular weight is 355 g/mol. The first-order valence-electron chi connectivity index (χ1n) is 6.85. The molecule has 1 unspecified atom stereocenters. The van der Waals surface area contributed by atoms with Crippen molar-refractivity contribution < 1.29 is 9.50 Å². The monoisotopic (exact) mass is 354 g/mol. The molecule has 1 aromatic heterocycles. The third-order valence-electron chi connectivity index (χ3n) is 3.37. The number of aromatic nitrogens is 2. The zero-order valence-corrected chi connectivity index (χ0v) is 14.3. The van der Waals surface area contributed by atoms with Crippen molar-refractivity contribution in [2.24, 2.45) is 7.05 Å². The highest BCUT2D eigenvalue weighted by atomic mass is 79.9. The normalized spacial score (nSPS) is 13.5. The van der Waals surface area contributed by atoms with Crippen molar-refractivity contribution in [3.8, 4) is 0 Å². The van der Waals surface area contributed by atoms with Gasteiger partial charge in [0.15, 0.2) is 0 Å². The maximum atomic E-state index is 13.6. The van der Waals surface area contributed by atoms with Gasteiger partial charge < -0.3 is 5.11 Å². The van der Waals surface area contributed by atoms with Gasteiger partial charge in [-0.1, -0.05) is 32.9 Å². The van der Waals surface area contributed by atoms with Crippen molar-refractivity contribution in [2.45, 2.75) is 38.7 Å². The summed E-state index contributed by atoms with van der Waals surface area (Å²) in [5, 5.41) is 15.0. The molecule has 0 saturated carbocycles. The molecule has 0 aliphatic carbocycles. The Labute approximate surface area is 132 Å². The number of halogens is 2. The molecule has 0 bridgehead atoms. The van der Waals surface area contributed by atoms with Crippen molar-refractivity contribution >= 4 is 15.9 Å². The number of hydrogen-bond acceptors (Lipinski definition) is 2. The van der Waals surface area contributed by atoms with E-state index in [0.717, 1.165) is 16.8 Å². The summed E-state index contributed by atoms with van der Waals surface area (Å²) in [6.45, 7) is 6.18. The molecule has 0 fully saturated rings. The molecule has 3 nitrogen and oxygen atoms in total. The van der Waals surface area contributed by atoms with Gasteiger partial charge in [-0.3, -0.25) is 4.68 Å². The molecule has 0 spiro atoms. The Hall–Kier alpha value is -1.20. The second-order valence-electron chi connectivity index (χ2n) is 6.29. The summed E-state index contributed by atoms with van der Waals surface area (Å²) in [4.78, 5) is 0. The first-order chi connectivity index (χ1) is 9.70. The summed E-state index contributed by atoms with van der Waals surface area (Å²) >= 11 is 3.24. The summed E-state index contributed by atoms with van der Waals surface area (Å²) in [5.74, 6) is -0.318.